The van der Waals surface area contributed by atoms with Gasteiger partial charge in [-0.25, -0.2) is 4.79 Å². The lowest BCUT2D eigenvalue weighted by Gasteiger charge is -2.34. The van der Waals surface area contributed by atoms with Crippen LogP contribution in [0, 0.1) is 0 Å². The van der Waals surface area contributed by atoms with Crippen molar-refractivity contribution in [3.63, 3.8) is 0 Å². The number of phenolic OH excluding ortho intramolecular Hbond substituents is 2. The van der Waals surface area contributed by atoms with Crippen molar-refractivity contribution >= 4 is 22.8 Å². The number of aromatic hydroxyl groups is 2. The van der Waals surface area contributed by atoms with Gasteiger partial charge in [0.1, 0.15) is 28.2 Å². The van der Waals surface area contributed by atoms with Gasteiger partial charge in [0.25, 0.3) is 5.91 Å². The number of carbonyl (C=O) groups excluding carboxylic acids is 2. The number of phenols is 2. The average molecular weight is 663 g/mol. The summed E-state index contributed by atoms with van der Waals surface area (Å²) in [6.45, 7) is 4.10. The van der Waals surface area contributed by atoms with Gasteiger partial charge in [-0.1, -0.05) is 6.07 Å². The van der Waals surface area contributed by atoms with E-state index in [0.29, 0.717) is 55.5 Å². The Balaban J connectivity index is 1.11. The molecule has 0 aliphatic carbocycles. The summed E-state index contributed by atoms with van der Waals surface area (Å²) in [7, 11) is 1.45. The molecule has 0 bridgehead atoms. The van der Waals surface area contributed by atoms with E-state index in [9.17, 15) is 24.6 Å². The number of hydrogen-bond donors (Lipinski definition) is 2. The van der Waals surface area contributed by atoms with Crippen LogP contribution in [0.5, 0.6) is 40.2 Å². The maximum absolute atomic E-state index is 13.0. The van der Waals surface area contributed by atoms with E-state index >= 15 is 0 Å². The lowest BCUT2D eigenvalue weighted by atomic mass is 10.1. The van der Waals surface area contributed by atoms with Crippen molar-refractivity contribution in [2.24, 2.45) is 0 Å². The van der Waals surface area contributed by atoms with E-state index in [1.54, 1.807) is 42.2 Å². The van der Waals surface area contributed by atoms with E-state index in [1.165, 1.54) is 25.3 Å². The second kappa shape index (κ2) is 14.0. The third-order valence-electron chi connectivity index (χ3n) is 7.94. The van der Waals surface area contributed by atoms with Crippen LogP contribution in [0.1, 0.15) is 12.5 Å². The molecular formula is C34H34N2O12. The van der Waals surface area contributed by atoms with Crippen LogP contribution in [0.4, 0.5) is 0 Å². The molecule has 252 valence electrons. The molecule has 1 saturated heterocycles. The van der Waals surface area contributed by atoms with Crippen molar-refractivity contribution < 1.29 is 52.6 Å². The molecular weight excluding hydrogens is 628 g/mol. The highest BCUT2D eigenvalue weighted by molar-refractivity contribution is 5.86. The molecule has 3 heterocycles. The maximum Gasteiger partial charge on any atom is 0.344 e. The van der Waals surface area contributed by atoms with E-state index in [2.05, 4.69) is 4.90 Å². The molecule has 0 unspecified atom stereocenters. The molecule has 1 fully saturated rings. The van der Waals surface area contributed by atoms with Crippen LogP contribution in [-0.4, -0.2) is 91.8 Å². The van der Waals surface area contributed by atoms with E-state index in [1.807, 2.05) is 0 Å². The number of carbonyl (C=O) groups is 2. The summed E-state index contributed by atoms with van der Waals surface area (Å²) in [6.07, 6.45) is 0. The Morgan fingerprint density at radius 3 is 2.44 bits per heavy atom. The lowest BCUT2D eigenvalue weighted by Crippen LogP contribution is -2.49. The van der Waals surface area contributed by atoms with Gasteiger partial charge in [-0.05, 0) is 31.2 Å². The summed E-state index contributed by atoms with van der Waals surface area (Å²) in [5.41, 5.74) is 0.896. The van der Waals surface area contributed by atoms with Crippen LogP contribution in [0.3, 0.4) is 0 Å². The zero-order valence-electron chi connectivity index (χ0n) is 26.4. The second-order valence-corrected chi connectivity index (χ2v) is 11.0. The topological polar surface area (TPSA) is 167 Å². The molecule has 1 aromatic heterocycles. The minimum absolute atomic E-state index is 0.0364. The quantitative estimate of drug-likeness (QED) is 0.225. The molecule has 48 heavy (non-hydrogen) atoms. The van der Waals surface area contributed by atoms with Crippen LogP contribution in [0.15, 0.2) is 57.7 Å². The molecule has 3 aromatic carbocycles. The SMILES string of the molecule is CCOC(=O)COc1cc(-c2cc(=O)c3c(O)cc(OCC(=O)N4CCN(Cc5ccc(O)c6c5OCO6)CC4)cc3o2)ccc1OC. The average Bonchev–Trinajstić information content (AvgIpc) is 3.59. The van der Waals surface area contributed by atoms with Crippen molar-refractivity contribution in [3.05, 3.63) is 64.3 Å². The van der Waals surface area contributed by atoms with E-state index in [0.717, 1.165) is 5.56 Å². The summed E-state index contributed by atoms with van der Waals surface area (Å²) in [5.74, 6) is 0.681. The van der Waals surface area contributed by atoms with Gasteiger partial charge in [-0.3, -0.25) is 14.5 Å². The molecule has 14 heteroatoms. The molecule has 6 rings (SSSR count). The van der Waals surface area contributed by atoms with Crippen molar-refractivity contribution in [1.29, 1.82) is 0 Å². The van der Waals surface area contributed by atoms with Crippen molar-refractivity contribution in [2.75, 3.05) is 59.9 Å². The van der Waals surface area contributed by atoms with Gasteiger partial charge in [0.05, 0.1) is 13.7 Å². The van der Waals surface area contributed by atoms with Crippen LogP contribution in [0.25, 0.3) is 22.3 Å². The number of esters is 1. The van der Waals surface area contributed by atoms with Gasteiger partial charge in [0.15, 0.2) is 41.6 Å². The maximum atomic E-state index is 13.0. The van der Waals surface area contributed by atoms with Gasteiger partial charge in [-0.2, -0.15) is 0 Å². The Hall–Kier alpha value is -5.63. The largest absolute Gasteiger partial charge is 0.507 e. The van der Waals surface area contributed by atoms with Crippen LogP contribution in [-0.2, 0) is 20.9 Å². The molecule has 2 N–H and O–H groups in total. The first-order valence-electron chi connectivity index (χ1n) is 15.2. The number of ether oxygens (including phenoxy) is 6. The number of piperazine rings is 1. The molecule has 0 spiro atoms. The normalized spacial score (nSPS) is 14.2. The third kappa shape index (κ3) is 6.88. The van der Waals surface area contributed by atoms with Crippen molar-refractivity contribution in [2.45, 2.75) is 13.5 Å². The summed E-state index contributed by atoms with van der Waals surface area (Å²) in [6, 6.07) is 12.1. The molecule has 14 nitrogen and oxygen atoms in total. The predicted octanol–water partition coefficient (Wildman–Crippen LogP) is 3.27. The monoisotopic (exact) mass is 662 g/mol. The zero-order valence-corrected chi connectivity index (χ0v) is 26.4. The van der Waals surface area contributed by atoms with E-state index < -0.39 is 11.4 Å². The number of amides is 1. The van der Waals surface area contributed by atoms with Crippen LogP contribution < -0.4 is 29.1 Å². The number of benzene rings is 3. The molecule has 0 radical (unpaired) electrons. The predicted molar refractivity (Wildman–Crippen MR) is 170 cm³/mol. The minimum Gasteiger partial charge on any atom is -0.507 e. The fourth-order valence-electron chi connectivity index (χ4n) is 5.55. The Morgan fingerprint density at radius 2 is 1.67 bits per heavy atom. The van der Waals surface area contributed by atoms with Gasteiger partial charge in [-0.15, -0.1) is 0 Å². The van der Waals surface area contributed by atoms with Gasteiger partial charge in [0, 0.05) is 62.0 Å². The summed E-state index contributed by atoms with van der Waals surface area (Å²) in [5, 5.41) is 20.6. The van der Waals surface area contributed by atoms with Crippen LogP contribution >= 0.6 is 0 Å². The molecule has 4 aromatic rings. The fourth-order valence-corrected chi connectivity index (χ4v) is 5.55. The standard InChI is InChI=1S/C34H34N2O12/c1-3-43-31(41)18-45-28-12-20(5-7-26(28)42-2)27-15-25(39)32-24(38)13-22(14-29(32)48-27)44-17-30(40)36-10-8-35(9-11-36)16-21-4-6-23(37)34-33(21)46-19-47-34/h4-7,12-15,37-38H,3,8-11,16-19H2,1-2H3. The Labute approximate surface area is 274 Å². The minimum atomic E-state index is -0.550. The van der Waals surface area contributed by atoms with E-state index in [4.69, 9.17) is 32.8 Å². The summed E-state index contributed by atoms with van der Waals surface area (Å²) < 4.78 is 38.4. The van der Waals surface area contributed by atoms with Crippen molar-refractivity contribution in [1.82, 2.24) is 9.80 Å². The third-order valence-corrected chi connectivity index (χ3v) is 7.94. The van der Waals surface area contributed by atoms with Gasteiger partial charge in [0.2, 0.25) is 12.5 Å². The molecule has 1 amide bonds. The zero-order chi connectivity index (χ0) is 33.8. The van der Waals surface area contributed by atoms with Gasteiger partial charge >= 0.3 is 5.97 Å². The second-order valence-electron chi connectivity index (χ2n) is 11.0. The highest BCUT2D eigenvalue weighted by Gasteiger charge is 2.26. The number of fused-ring (bicyclic) bond motifs is 2. The van der Waals surface area contributed by atoms with E-state index in [-0.39, 0.29) is 72.2 Å². The smallest absolute Gasteiger partial charge is 0.344 e. The van der Waals surface area contributed by atoms with Crippen molar-refractivity contribution in [3.8, 4) is 51.6 Å². The Bertz CT molecular complexity index is 1900. The first-order valence-corrected chi connectivity index (χ1v) is 15.2. The molecule has 0 atom stereocenters. The Kier molecular flexibility index (Phi) is 9.43. The Morgan fingerprint density at radius 1 is 0.875 bits per heavy atom. The van der Waals surface area contributed by atoms with Gasteiger partial charge < -0.3 is 48.0 Å². The highest BCUT2D eigenvalue weighted by Crippen LogP contribution is 2.43. The summed E-state index contributed by atoms with van der Waals surface area (Å²) in [4.78, 5) is 41.7. The lowest BCUT2D eigenvalue weighted by molar-refractivity contribution is -0.145. The first kappa shape index (κ1) is 32.3. The highest BCUT2D eigenvalue weighted by atomic mass is 16.7. The molecule has 2 aliphatic rings. The first-order chi connectivity index (χ1) is 23.2. The number of hydrogen-bond acceptors (Lipinski definition) is 13. The molecule has 2 aliphatic heterocycles. The summed E-state index contributed by atoms with van der Waals surface area (Å²) >= 11 is 0. The van der Waals surface area contributed by atoms with Crippen LogP contribution in [0.2, 0.25) is 0 Å². The fraction of sp³-hybridized carbons (Fsp3) is 0.324. The molecule has 0 saturated carbocycles. The number of nitrogens with zero attached hydrogens (tertiary/aromatic N) is 2. The number of methoxy groups -OCH3 is 1. The number of rotatable bonds is 11.